The average Bonchev–Trinajstić information content (AvgIpc) is 4.49. The lowest BCUT2D eigenvalue weighted by molar-refractivity contribution is -0.120. The highest BCUT2D eigenvalue weighted by Crippen LogP contribution is 2.37. The van der Waals surface area contributed by atoms with Crippen LogP contribution < -0.4 is 0 Å². The maximum Gasteiger partial charge on any atom is 0.291 e. The third kappa shape index (κ3) is 11.3. The number of hydrogen-bond acceptors (Lipinski definition) is 17. The maximum absolute atomic E-state index is 11.4. The number of aromatic nitrogens is 12. The number of Topliss-reactive ketones (excluding diaryl/α,β-unsaturated/α-hetero) is 1. The third-order valence-electron chi connectivity index (χ3n) is 17.0. The van der Waals surface area contributed by atoms with E-state index in [2.05, 4.69) is 86.5 Å². The lowest BCUT2D eigenvalue weighted by Crippen LogP contribution is -2.44. The van der Waals surface area contributed by atoms with E-state index in [-0.39, 0.29) is 5.92 Å². The molecular weight excluding hydrogens is 1000 g/mol. The molecule has 3 saturated carbocycles. The molecule has 0 bridgehead atoms. The number of carbonyl (C=O) groups is 1. The van der Waals surface area contributed by atoms with Crippen molar-refractivity contribution >= 4 is 38.5 Å². The van der Waals surface area contributed by atoms with Gasteiger partial charge in [-0.15, -0.1) is 0 Å². The first-order valence-corrected chi connectivity index (χ1v) is 29.0. The van der Waals surface area contributed by atoms with Crippen LogP contribution in [0, 0.1) is 0 Å². The molecule has 0 unspecified atom stereocenters. The highest BCUT2D eigenvalue weighted by atomic mass is 16.5. The standard InChI is InChI=1S/2C21H27N5O2.C17H18N4O2/c2*1-2-18-17-5-3-4-6-19(17)26(23-18)21-22-20(28-24-21)15-7-9-16(10-8-15)25-11-13-27-14-12-25;1-2-14-13-5-3-4-6-15(13)21(19-14)17-18-16(23-20-17)11-7-9-12(22)10-8-11/h2*3-6,15-16H,2,7-14H2,1H3;3-6,11H,2,7-10H2,1H3. The Hall–Kier alpha value is -7.00. The largest absolute Gasteiger partial charge is 0.379 e. The van der Waals surface area contributed by atoms with Crippen LogP contribution in [0.1, 0.15) is 150 Å². The van der Waals surface area contributed by atoms with Gasteiger partial charge in [0.05, 0.1) is 60.1 Å². The molecule has 20 nitrogen and oxygen atoms in total. The van der Waals surface area contributed by atoms with Gasteiger partial charge >= 0.3 is 0 Å². The average molecular weight is 1070 g/mol. The SMILES string of the molecule is CCc1nn(-c2noc(C3CCC(=O)CC3)n2)c2ccccc12.CCc1nn(-c2noc(C3CCC(N4CCOCC4)CC3)n2)c2ccccc12.CCc1nn(-c2noc(C3CCC(N4CCOCC4)CC3)n2)c2ccccc12. The second kappa shape index (κ2) is 24.2. The van der Waals surface area contributed by atoms with Crippen LogP contribution in [0.3, 0.4) is 0 Å². The van der Waals surface area contributed by atoms with Crippen LogP contribution in [-0.2, 0) is 33.5 Å². The Kier molecular flexibility index (Phi) is 16.1. The number of hydrogen-bond donors (Lipinski definition) is 0. The van der Waals surface area contributed by atoms with Crippen molar-refractivity contribution < 1.29 is 27.8 Å². The molecule has 0 amide bonds. The van der Waals surface area contributed by atoms with Gasteiger partial charge in [0.15, 0.2) is 0 Å². The molecule has 79 heavy (non-hydrogen) atoms. The van der Waals surface area contributed by atoms with Crippen molar-refractivity contribution in [3.05, 3.63) is 108 Å². The second-order valence-corrected chi connectivity index (χ2v) is 21.6. The Morgan fingerprint density at radius 3 is 1.08 bits per heavy atom. The number of ether oxygens (including phenoxy) is 2. The van der Waals surface area contributed by atoms with Crippen LogP contribution in [0.4, 0.5) is 0 Å². The fourth-order valence-corrected chi connectivity index (χ4v) is 12.5. The van der Waals surface area contributed by atoms with E-state index in [1.54, 1.807) is 4.68 Å². The molecule has 0 atom stereocenters. The fourth-order valence-electron chi connectivity index (χ4n) is 12.5. The zero-order valence-electron chi connectivity index (χ0n) is 45.8. The van der Waals surface area contributed by atoms with Crippen molar-refractivity contribution in [1.82, 2.24) is 69.6 Å². The number of nitrogens with zero attached hydrogens (tertiary/aromatic N) is 14. The molecule has 6 aromatic heterocycles. The number of ketones is 1. The second-order valence-electron chi connectivity index (χ2n) is 21.6. The van der Waals surface area contributed by atoms with E-state index in [1.807, 2.05) is 51.8 Å². The maximum atomic E-state index is 11.4. The first-order chi connectivity index (χ1) is 38.9. The Morgan fingerprint density at radius 1 is 0.430 bits per heavy atom. The number of aryl methyl sites for hydroxylation is 3. The van der Waals surface area contributed by atoms with Gasteiger partial charge in [-0.3, -0.25) is 14.6 Å². The summed E-state index contributed by atoms with van der Waals surface area (Å²) in [6.07, 6.45) is 14.6. The molecule has 3 aliphatic carbocycles. The van der Waals surface area contributed by atoms with Crippen molar-refractivity contribution in [3.8, 4) is 17.8 Å². The Balaban J connectivity index is 0.000000119. The molecule has 5 fully saturated rings. The summed E-state index contributed by atoms with van der Waals surface area (Å²) >= 11 is 0. The molecule has 2 saturated heterocycles. The van der Waals surface area contributed by atoms with Crippen LogP contribution in [-0.4, -0.2) is 140 Å². The first-order valence-electron chi connectivity index (χ1n) is 29.0. The van der Waals surface area contributed by atoms with E-state index in [1.165, 1.54) is 25.7 Å². The van der Waals surface area contributed by atoms with Gasteiger partial charge in [0.2, 0.25) is 17.7 Å². The summed E-state index contributed by atoms with van der Waals surface area (Å²) in [6, 6.07) is 25.9. The molecule has 5 aliphatic rings. The topological polar surface area (TPSA) is 212 Å². The zero-order chi connectivity index (χ0) is 53.7. The summed E-state index contributed by atoms with van der Waals surface area (Å²) < 4.78 is 33.2. The molecule has 14 rings (SSSR count). The molecule has 8 heterocycles. The van der Waals surface area contributed by atoms with Crippen LogP contribution in [0.25, 0.3) is 50.6 Å². The summed E-state index contributed by atoms with van der Waals surface area (Å²) in [5, 5.41) is 30.1. The highest BCUT2D eigenvalue weighted by Gasteiger charge is 2.33. The molecule has 0 N–H and O–H groups in total. The molecule has 0 spiro atoms. The lowest BCUT2D eigenvalue weighted by atomic mass is 9.85. The summed E-state index contributed by atoms with van der Waals surface area (Å²) in [5.74, 6) is 4.89. The van der Waals surface area contributed by atoms with E-state index in [9.17, 15) is 4.79 Å². The van der Waals surface area contributed by atoms with Crippen molar-refractivity contribution in [2.24, 2.45) is 0 Å². The van der Waals surface area contributed by atoms with E-state index >= 15 is 0 Å². The van der Waals surface area contributed by atoms with Crippen molar-refractivity contribution in [3.63, 3.8) is 0 Å². The minimum absolute atomic E-state index is 0.182. The zero-order valence-corrected chi connectivity index (χ0v) is 45.8. The third-order valence-corrected chi connectivity index (χ3v) is 17.0. The van der Waals surface area contributed by atoms with E-state index < -0.39 is 0 Å². The van der Waals surface area contributed by atoms with Crippen LogP contribution in [0.15, 0.2) is 86.4 Å². The van der Waals surface area contributed by atoms with Crippen molar-refractivity contribution in [1.29, 1.82) is 0 Å². The van der Waals surface area contributed by atoms with E-state index in [0.717, 1.165) is 172 Å². The Morgan fingerprint density at radius 2 is 0.747 bits per heavy atom. The summed E-state index contributed by atoms with van der Waals surface area (Å²) in [4.78, 5) is 30.5. The molecule has 9 aromatic rings. The van der Waals surface area contributed by atoms with Crippen molar-refractivity contribution in [2.75, 3.05) is 52.6 Å². The van der Waals surface area contributed by atoms with Gasteiger partial charge < -0.3 is 23.0 Å². The number of morpholine rings is 2. The molecule has 20 heteroatoms. The minimum atomic E-state index is 0.182. The van der Waals surface area contributed by atoms with Gasteiger partial charge in [0, 0.05) is 85.0 Å². The van der Waals surface area contributed by atoms with Crippen LogP contribution in [0.5, 0.6) is 0 Å². The number of rotatable bonds is 11. The number of fused-ring (bicyclic) bond motifs is 3. The van der Waals surface area contributed by atoms with Gasteiger partial charge in [-0.05, 0) is 117 Å². The summed E-state index contributed by atoms with van der Waals surface area (Å²) in [5.41, 5.74) is 6.19. The van der Waals surface area contributed by atoms with Gasteiger partial charge in [0.25, 0.3) is 17.8 Å². The van der Waals surface area contributed by atoms with E-state index in [0.29, 0.717) is 66.3 Å². The smallest absolute Gasteiger partial charge is 0.291 e. The predicted molar refractivity (Wildman–Crippen MR) is 296 cm³/mol. The molecule has 2 aliphatic heterocycles. The minimum Gasteiger partial charge on any atom is -0.379 e. The van der Waals surface area contributed by atoms with Gasteiger partial charge in [-0.25, -0.2) is 0 Å². The fraction of sp³-hybridized carbons (Fsp3) is 0.525. The monoisotopic (exact) mass is 1070 g/mol. The molecular formula is C59H72N14O6. The van der Waals surface area contributed by atoms with Gasteiger partial charge in [-0.2, -0.15) is 44.3 Å². The number of carbonyl (C=O) groups excluding carboxylic acids is 1. The number of benzene rings is 3. The number of para-hydroxylation sites is 3. The molecule has 3 aromatic carbocycles. The Bertz CT molecular complexity index is 3290. The quantitative estimate of drug-likeness (QED) is 0.118. The van der Waals surface area contributed by atoms with Crippen LogP contribution in [0.2, 0.25) is 0 Å². The predicted octanol–water partition coefficient (Wildman–Crippen LogP) is 9.86. The molecule has 414 valence electrons. The highest BCUT2D eigenvalue weighted by molar-refractivity contribution is 5.84. The van der Waals surface area contributed by atoms with Crippen LogP contribution >= 0.6 is 0 Å². The summed E-state index contributed by atoms with van der Waals surface area (Å²) in [6.45, 7) is 14.0. The normalized spacial score (nSPS) is 21.8. The first kappa shape index (κ1) is 52.7. The van der Waals surface area contributed by atoms with E-state index in [4.69, 9.17) is 43.2 Å². The lowest BCUT2D eigenvalue weighted by Gasteiger charge is -2.38. The Labute approximate surface area is 459 Å². The van der Waals surface area contributed by atoms with Gasteiger partial charge in [-0.1, -0.05) is 75.4 Å². The van der Waals surface area contributed by atoms with Crippen molar-refractivity contribution in [2.45, 2.75) is 147 Å². The molecule has 0 radical (unpaired) electrons. The van der Waals surface area contributed by atoms with Gasteiger partial charge in [0.1, 0.15) is 5.78 Å². The summed E-state index contributed by atoms with van der Waals surface area (Å²) in [7, 11) is 0.